The number of aliphatic hydroxyl groups is 1. The molecule has 1 atom stereocenters. The molecule has 1 aliphatic heterocycles. The van der Waals surface area contributed by atoms with Gasteiger partial charge in [-0.1, -0.05) is 23.7 Å². The van der Waals surface area contributed by atoms with Crippen molar-refractivity contribution in [2.45, 2.75) is 26.0 Å². The number of nitrogens with zero attached hydrogens (tertiary/aromatic N) is 1. The van der Waals surface area contributed by atoms with Crippen LogP contribution in [-0.4, -0.2) is 62.3 Å². The van der Waals surface area contributed by atoms with Gasteiger partial charge in [0, 0.05) is 12.6 Å². The number of ether oxygens (including phenoxy) is 4. The summed E-state index contributed by atoms with van der Waals surface area (Å²) in [6, 6.07) is 9.08. The zero-order chi connectivity index (χ0) is 25.0. The van der Waals surface area contributed by atoms with Gasteiger partial charge in [-0.05, 0) is 37.6 Å². The van der Waals surface area contributed by atoms with E-state index in [4.69, 9.17) is 30.5 Å². The summed E-state index contributed by atoms with van der Waals surface area (Å²) in [5.74, 6) is -0.895. The Labute approximate surface area is 203 Å². The third-order valence-electron chi connectivity index (χ3n) is 5.46. The summed E-state index contributed by atoms with van der Waals surface area (Å²) >= 11 is 6.20. The van der Waals surface area contributed by atoms with Gasteiger partial charge in [0.05, 0.1) is 56.2 Å². The van der Waals surface area contributed by atoms with Crippen molar-refractivity contribution in [2.24, 2.45) is 0 Å². The number of hydrogen-bond acceptors (Lipinski definition) is 7. The van der Waals surface area contributed by atoms with Crippen molar-refractivity contribution in [2.75, 3.05) is 34.5 Å². The van der Waals surface area contributed by atoms with Crippen LogP contribution in [0.15, 0.2) is 42.0 Å². The number of likely N-dealkylation sites (tertiary alicyclic amines) is 1. The third-order valence-corrected chi connectivity index (χ3v) is 5.76. The molecule has 1 N–H and O–H groups in total. The average Bonchev–Trinajstić information content (AvgIpc) is 3.08. The molecule has 2 aromatic rings. The van der Waals surface area contributed by atoms with Crippen LogP contribution in [0.3, 0.4) is 0 Å². The second-order valence-corrected chi connectivity index (χ2v) is 8.28. The highest BCUT2D eigenvalue weighted by Gasteiger charge is 2.46. The van der Waals surface area contributed by atoms with Gasteiger partial charge < -0.3 is 29.0 Å². The topological polar surface area (TPSA) is 94.5 Å². The van der Waals surface area contributed by atoms with Gasteiger partial charge in [0.1, 0.15) is 23.0 Å². The molecule has 0 aliphatic carbocycles. The summed E-state index contributed by atoms with van der Waals surface area (Å²) in [6.45, 7) is 4.15. The van der Waals surface area contributed by atoms with E-state index in [1.54, 1.807) is 24.3 Å². The Hall–Kier alpha value is -3.23. The highest BCUT2D eigenvalue weighted by molar-refractivity contribution is 6.46. The zero-order valence-electron chi connectivity index (χ0n) is 19.8. The summed E-state index contributed by atoms with van der Waals surface area (Å²) in [5, 5.41) is 11.6. The van der Waals surface area contributed by atoms with Crippen molar-refractivity contribution < 1.29 is 33.6 Å². The minimum atomic E-state index is -0.864. The van der Waals surface area contributed by atoms with E-state index in [2.05, 4.69) is 0 Å². The van der Waals surface area contributed by atoms with Crippen LogP contribution in [0.25, 0.3) is 5.76 Å². The van der Waals surface area contributed by atoms with E-state index in [0.717, 1.165) is 0 Å². The van der Waals surface area contributed by atoms with Crippen molar-refractivity contribution in [3.05, 3.63) is 58.1 Å². The molecule has 2 aromatic carbocycles. The molecular formula is C25H28ClNO7. The van der Waals surface area contributed by atoms with Crippen LogP contribution in [0.2, 0.25) is 5.02 Å². The number of hydrogen-bond donors (Lipinski definition) is 1. The molecule has 1 saturated heterocycles. The largest absolute Gasteiger partial charge is 0.507 e. The van der Waals surface area contributed by atoms with Gasteiger partial charge in [0.25, 0.3) is 11.7 Å². The molecule has 0 radical (unpaired) electrons. The van der Waals surface area contributed by atoms with Gasteiger partial charge in [0.2, 0.25) is 0 Å². The maximum absolute atomic E-state index is 13.2. The zero-order valence-corrected chi connectivity index (χ0v) is 20.5. The van der Waals surface area contributed by atoms with Crippen LogP contribution in [-0.2, 0) is 14.3 Å². The van der Waals surface area contributed by atoms with E-state index >= 15 is 0 Å². The van der Waals surface area contributed by atoms with Gasteiger partial charge in [-0.15, -0.1) is 0 Å². The molecule has 182 valence electrons. The van der Waals surface area contributed by atoms with Gasteiger partial charge in [0.15, 0.2) is 0 Å². The lowest BCUT2D eigenvalue weighted by atomic mass is 9.94. The Balaban J connectivity index is 2.21. The number of ketones is 1. The lowest BCUT2D eigenvalue weighted by Gasteiger charge is -2.26. The standard InChI is InChI=1S/C25H28ClNO7/c1-14(2)34-10-9-27-22(15-7-6-8-16(11-15)31-3)21(24(29)25(27)30)23(28)17-12-20(33-5)18(26)13-19(17)32-4/h6-8,11-14,22,28H,9-10H2,1-5H3/b23-21+. The monoisotopic (exact) mass is 489 g/mol. The lowest BCUT2D eigenvalue weighted by molar-refractivity contribution is -0.140. The number of rotatable bonds is 9. The number of halogens is 1. The number of Topliss-reactive ketones (excluding diaryl/α,β-unsaturated/α-hetero) is 1. The van der Waals surface area contributed by atoms with Crippen LogP contribution in [0.1, 0.15) is 31.0 Å². The summed E-state index contributed by atoms with van der Waals surface area (Å²) in [5.41, 5.74) is 0.697. The first-order valence-electron chi connectivity index (χ1n) is 10.7. The second kappa shape index (κ2) is 10.8. The Bertz CT molecular complexity index is 1110. The van der Waals surface area contributed by atoms with Crippen molar-refractivity contribution in [3.8, 4) is 17.2 Å². The Morgan fingerprint density at radius 1 is 1.06 bits per heavy atom. The van der Waals surface area contributed by atoms with E-state index in [9.17, 15) is 14.7 Å². The molecule has 1 heterocycles. The third kappa shape index (κ3) is 4.98. The number of carbonyl (C=O) groups excluding carboxylic acids is 2. The molecule has 9 heteroatoms. The number of aliphatic hydroxyl groups excluding tert-OH is 1. The molecule has 1 aliphatic rings. The molecule has 1 unspecified atom stereocenters. The fraction of sp³-hybridized carbons (Fsp3) is 0.360. The molecule has 1 amide bonds. The maximum atomic E-state index is 13.2. The van der Waals surface area contributed by atoms with Gasteiger partial charge >= 0.3 is 0 Å². The molecule has 34 heavy (non-hydrogen) atoms. The van der Waals surface area contributed by atoms with Crippen LogP contribution in [0, 0.1) is 0 Å². The predicted molar refractivity (Wildman–Crippen MR) is 128 cm³/mol. The summed E-state index contributed by atoms with van der Waals surface area (Å²) in [4.78, 5) is 27.7. The SMILES string of the molecule is COc1cccc(C2/C(=C(\O)c3cc(OC)c(Cl)cc3OC)C(=O)C(=O)N2CCOC(C)C)c1. The van der Waals surface area contributed by atoms with Crippen molar-refractivity contribution >= 4 is 29.1 Å². The summed E-state index contributed by atoms with van der Waals surface area (Å²) in [7, 11) is 4.37. The highest BCUT2D eigenvalue weighted by atomic mass is 35.5. The van der Waals surface area contributed by atoms with Gasteiger partial charge in [-0.3, -0.25) is 9.59 Å². The quantitative estimate of drug-likeness (QED) is 0.320. The maximum Gasteiger partial charge on any atom is 0.295 e. The lowest BCUT2D eigenvalue weighted by Crippen LogP contribution is -2.33. The molecule has 0 saturated carbocycles. The number of methoxy groups -OCH3 is 3. The smallest absolute Gasteiger partial charge is 0.295 e. The van der Waals surface area contributed by atoms with E-state index in [1.165, 1.54) is 38.4 Å². The number of carbonyl (C=O) groups is 2. The van der Waals surface area contributed by atoms with Crippen molar-refractivity contribution in [1.82, 2.24) is 4.90 Å². The Morgan fingerprint density at radius 2 is 1.76 bits per heavy atom. The number of benzene rings is 2. The van der Waals surface area contributed by atoms with Crippen LogP contribution in [0.4, 0.5) is 0 Å². The first-order valence-corrected chi connectivity index (χ1v) is 11.1. The second-order valence-electron chi connectivity index (χ2n) is 7.88. The first kappa shape index (κ1) is 25.4. The van der Waals surface area contributed by atoms with E-state index in [0.29, 0.717) is 11.3 Å². The van der Waals surface area contributed by atoms with E-state index in [1.807, 2.05) is 13.8 Å². The fourth-order valence-electron chi connectivity index (χ4n) is 3.85. The normalized spacial score (nSPS) is 17.4. The molecular weight excluding hydrogens is 462 g/mol. The van der Waals surface area contributed by atoms with Gasteiger partial charge in [-0.25, -0.2) is 0 Å². The molecule has 3 rings (SSSR count). The van der Waals surface area contributed by atoms with E-state index < -0.39 is 23.5 Å². The molecule has 0 spiro atoms. The first-order chi connectivity index (χ1) is 16.2. The summed E-state index contributed by atoms with van der Waals surface area (Å²) < 4.78 is 21.6. The van der Waals surface area contributed by atoms with Crippen molar-refractivity contribution in [1.29, 1.82) is 0 Å². The van der Waals surface area contributed by atoms with Crippen LogP contribution < -0.4 is 14.2 Å². The van der Waals surface area contributed by atoms with E-state index in [-0.39, 0.29) is 46.9 Å². The molecule has 1 fully saturated rings. The van der Waals surface area contributed by atoms with Crippen LogP contribution in [0.5, 0.6) is 17.2 Å². The minimum Gasteiger partial charge on any atom is -0.507 e. The predicted octanol–water partition coefficient (Wildman–Crippen LogP) is 4.21. The fourth-order valence-corrected chi connectivity index (χ4v) is 4.08. The highest BCUT2D eigenvalue weighted by Crippen LogP contribution is 2.43. The van der Waals surface area contributed by atoms with Crippen LogP contribution >= 0.6 is 11.6 Å². The van der Waals surface area contributed by atoms with Gasteiger partial charge in [-0.2, -0.15) is 0 Å². The van der Waals surface area contributed by atoms with Crippen molar-refractivity contribution in [3.63, 3.8) is 0 Å². The average molecular weight is 490 g/mol. The Kier molecular flexibility index (Phi) is 8.06. The Morgan fingerprint density at radius 3 is 2.38 bits per heavy atom. The summed E-state index contributed by atoms with van der Waals surface area (Å²) in [6.07, 6.45) is -0.0436. The number of amides is 1. The molecule has 8 nitrogen and oxygen atoms in total. The minimum absolute atomic E-state index is 0.0436. The molecule has 0 bridgehead atoms. The molecule has 0 aromatic heterocycles.